The van der Waals surface area contributed by atoms with Crippen molar-refractivity contribution in [3.8, 4) is 0 Å². The van der Waals surface area contributed by atoms with Gasteiger partial charge in [-0.05, 0) is 32.4 Å². The minimum Gasteiger partial charge on any atom is -0.391 e. The van der Waals surface area contributed by atoms with Crippen molar-refractivity contribution in [3.63, 3.8) is 0 Å². The molecule has 0 aliphatic carbocycles. The van der Waals surface area contributed by atoms with Gasteiger partial charge in [0, 0.05) is 35.0 Å². The van der Waals surface area contributed by atoms with Crippen LogP contribution in [0, 0.1) is 19.8 Å². The van der Waals surface area contributed by atoms with Crippen molar-refractivity contribution in [1.82, 2.24) is 25.1 Å². The highest BCUT2D eigenvalue weighted by atomic mass is 32.2. The highest BCUT2D eigenvalue weighted by molar-refractivity contribution is 8.00. The molecule has 7 nitrogen and oxygen atoms in total. The number of fused-ring (bicyclic) bond motifs is 1. The van der Waals surface area contributed by atoms with E-state index in [1.165, 1.54) is 16.6 Å². The molecular formula is C18H21N5O2S2. The van der Waals surface area contributed by atoms with E-state index in [1.807, 2.05) is 19.9 Å². The molecule has 4 rings (SSSR count). The van der Waals surface area contributed by atoms with Crippen LogP contribution in [0.5, 0.6) is 0 Å². The van der Waals surface area contributed by atoms with Gasteiger partial charge in [0.05, 0.1) is 17.6 Å². The van der Waals surface area contributed by atoms with E-state index in [9.17, 15) is 9.90 Å². The molecule has 1 aliphatic heterocycles. The van der Waals surface area contributed by atoms with Crippen LogP contribution in [-0.2, 0) is 11.2 Å². The first-order valence-electron chi connectivity index (χ1n) is 8.80. The topological polar surface area (TPSA) is 95.0 Å². The van der Waals surface area contributed by atoms with Gasteiger partial charge in [0.15, 0.2) is 0 Å². The molecule has 0 bridgehead atoms. The third-order valence-electron chi connectivity index (χ3n) is 4.74. The lowest BCUT2D eigenvalue weighted by atomic mass is 10.0. The molecule has 3 aromatic rings. The molecule has 0 unspecified atom stereocenters. The third-order valence-corrected chi connectivity index (χ3v) is 6.69. The first kappa shape index (κ1) is 18.4. The van der Waals surface area contributed by atoms with E-state index in [1.54, 1.807) is 22.6 Å². The van der Waals surface area contributed by atoms with E-state index in [4.69, 9.17) is 0 Å². The predicted octanol–water partition coefficient (Wildman–Crippen LogP) is 2.19. The number of hydrogen-bond donors (Lipinski definition) is 2. The first-order valence-corrected chi connectivity index (χ1v) is 10.6. The van der Waals surface area contributed by atoms with Crippen LogP contribution >= 0.6 is 23.1 Å². The number of carbonyl (C=O) groups is 1. The third kappa shape index (κ3) is 3.99. The van der Waals surface area contributed by atoms with Gasteiger partial charge in [0.1, 0.15) is 16.2 Å². The number of aliphatic hydroxyl groups excluding tert-OH is 1. The van der Waals surface area contributed by atoms with Crippen LogP contribution in [0.3, 0.4) is 0 Å². The Morgan fingerprint density at radius 2 is 2.22 bits per heavy atom. The number of thioether (sulfide) groups is 1. The number of aliphatic hydroxyl groups is 1. The Morgan fingerprint density at radius 1 is 1.37 bits per heavy atom. The van der Waals surface area contributed by atoms with Crippen LogP contribution < -0.4 is 0 Å². The molecule has 27 heavy (non-hydrogen) atoms. The minimum absolute atomic E-state index is 0.0203. The maximum atomic E-state index is 12.6. The normalized spacial score (nSPS) is 19.9. The maximum absolute atomic E-state index is 12.6. The summed E-state index contributed by atoms with van der Waals surface area (Å²) < 4.78 is 0. The zero-order chi connectivity index (χ0) is 19.0. The van der Waals surface area contributed by atoms with Crippen LogP contribution in [0.15, 0.2) is 23.5 Å². The number of aryl methyl sites for hydroxylation is 2. The SMILES string of the molecule is Cc1cc(C[C@@H]2CN(C(=O)CSc3ncnc4sc(C)cc34)C[C@H]2O)n[nH]1. The first-order chi connectivity index (χ1) is 13.0. The summed E-state index contributed by atoms with van der Waals surface area (Å²) in [6.45, 7) is 4.93. The number of β-amino-alcohol motifs (C(OH)–C–C–N with tert-alkyl or cyclic N) is 1. The van der Waals surface area contributed by atoms with Crippen LogP contribution in [0.25, 0.3) is 10.2 Å². The van der Waals surface area contributed by atoms with Gasteiger partial charge in [0.2, 0.25) is 5.91 Å². The van der Waals surface area contributed by atoms with Gasteiger partial charge >= 0.3 is 0 Å². The Morgan fingerprint density at radius 3 is 3.00 bits per heavy atom. The summed E-state index contributed by atoms with van der Waals surface area (Å²) in [5, 5.41) is 19.3. The number of nitrogens with one attached hydrogen (secondary N) is 1. The molecule has 0 spiro atoms. The highest BCUT2D eigenvalue weighted by Gasteiger charge is 2.34. The zero-order valence-electron chi connectivity index (χ0n) is 15.2. The summed E-state index contributed by atoms with van der Waals surface area (Å²) in [4.78, 5) is 25.1. The van der Waals surface area contributed by atoms with Gasteiger partial charge in [-0.2, -0.15) is 5.10 Å². The summed E-state index contributed by atoms with van der Waals surface area (Å²) >= 11 is 3.06. The molecule has 142 valence electrons. The van der Waals surface area contributed by atoms with Crippen LogP contribution in [-0.4, -0.2) is 61.0 Å². The fourth-order valence-corrected chi connectivity index (χ4v) is 5.18. The number of carbonyl (C=O) groups excluding carboxylic acids is 1. The molecule has 2 N–H and O–H groups in total. The second-order valence-electron chi connectivity index (χ2n) is 6.92. The van der Waals surface area contributed by atoms with E-state index in [0.717, 1.165) is 26.6 Å². The van der Waals surface area contributed by atoms with Gasteiger partial charge in [-0.25, -0.2) is 9.97 Å². The molecule has 1 amide bonds. The van der Waals surface area contributed by atoms with Crippen molar-refractivity contribution in [2.45, 2.75) is 31.4 Å². The molecule has 1 aliphatic rings. The van der Waals surface area contributed by atoms with Crippen molar-refractivity contribution in [3.05, 3.63) is 34.7 Å². The maximum Gasteiger partial charge on any atom is 0.233 e. The largest absolute Gasteiger partial charge is 0.391 e. The monoisotopic (exact) mass is 403 g/mol. The van der Waals surface area contributed by atoms with E-state index in [0.29, 0.717) is 25.3 Å². The van der Waals surface area contributed by atoms with Crippen LogP contribution in [0.4, 0.5) is 0 Å². The number of aromatic nitrogens is 4. The molecule has 4 heterocycles. The summed E-state index contributed by atoms with van der Waals surface area (Å²) in [6.07, 6.45) is 1.71. The molecular weight excluding hydrogens is 382 g/mol. The lowest BCUT2D eigenvalue weighted by Crippen LogP contribution is -2.31. The van der Waals surface area contributed by atoms with Crippen molar-refractivity contribution in [2.24, 2.45) is 5.92 Å². The number of H-pyrrole nitrogens is 1. The summed E-state index contributed by atoms with van der Waals surface area (Å²) in [5.74, 6) is 0.354. The van der Waals surface area contributed by atoms with E-state index >= 15 is 0 Å². The van der Waals surface area contributed by atoms with E-state index in [-0.39, 0.29) is 11.8 Å². The van der Waals surface area contributed by atoms with Gasteiger partial charge in [-0.3, -0.25) is 9.89 Å². The van der Waals surface area contributed by atoms with Crippen molar-refractivity contribution in [1.29, 1.82) is 0 Å². The molecule has 0 aromatic carbocycles. The molecule has 0 radical (unpaired) electrons. The summed E-state index contributed by atoms with van der Waals surface area (Å²) in [6, 6.07) is 4.05. The molecule has 1 saturated heterocycles. The number of amides is 1. The molecule has 1 fully saturated rings. The van der Waals surface area contributed by atoms with Crippen molar-refractivity contribution >= 4 is 39.2 Å². The lowest BCUT2D eigenvalue weighted by molar-refractivity contribution is -0.127. The number of rotatable bonds is 5. The quantitative estimate of drug-likeness (QED) is 0.501. The minimum atomic E-state index is -0.513. The fraction of sp³-hybridized carbons (Fsp3) is 0.444. The molecule has 0 saturated carbocycles. The number of hydrogen-bond acceptors (Lipinski definition) is 7. The van der Waals surface area contributed by atoms with E-state index < -0.39 is 6.10 Å². The Bertz CT molecular complexity index is 970. The molecule has 2 atom stereocenters. The van der Waals surface area contributed by atoms with Gasteiger partial charge < -0.3 is 10.0 Å². The molecule has 9 heteroatoms. The predicted molar refractivity (Wildman–Crippen MR) is 106 cm³/mol. The summed E-state index contributed by atoms with van der Waals surface area (Å²) in [5.41, 5.74) is 1.93. The van der Waals surface area contributed by atoms with Crippen molar-refractivity contribution < 1.29 is 9.90 Å². The lowest BCUT2D eigenvalue weighted by Gasteiger charge is -2.15. The second kappa shape index (κ2) is 7.57. The van der Waals surface area contributed by atoms with Gasteiger partial charge in [0.25, 0.3) is 0 Å². The van der Waals surface area contributed by atoms with Crippen LogP contribution in [0.1, 0.15) is 16.3 Å². The number of nitrogens with zero attached hydrogens (tertiary/aromatic N) is 4. The second-order valence-corrected chi connectivity index (χ2v) is 9.11. The van der Waals surface area contributed by atoms with E-state index in [2.05, 4.69) is 26.2 Å². The Hall–Kier alpha value is -1.97. The van der Waals surface area contributed by atoms with Crippen LogP contribution in [0.2, 0.25) is 0 Å². The number of thiophene rings is 1. The summed E-state index contributed by atoms with van der Waals surface area (Å²) in [7, 11) is 0. The highest BCUT2D eigenvalue weighted by Crippen LogP contribution is 2.31. The Kier molecular flexibility index (Phi) is 5.16. The van der Waals surface area contributed by atoms with Crippen molar-refractivity contribution in [2.75, 3.05) is 18.8 Å². The Balaban J connectivity index is 1.37. The number of likely N-dealkylation sites (tertiary alicyclic amines) is 1. The fourth-order valence-electron chi connectivity index (χ4n) is 3.40. The zero-order valence-corrected chi connectivity index (χ0v) is 16.8. The average molecular weight is 404 g/mol. The van der Waals surface area contributed by atoms with Gasteiger partial charge in [-0.15, -0.1) is 11.3 Å². The smallest absolute Gasteiger partial charge is 0.233 e. The van der Waals surface area contributed by atoms with Gasteiger partial charge in [-0.1, -0.05) is 11.8 Å². The number of aromatic amines is 1. The average Bonchev–Trinajstić information content (AvgIpc) is 3.32. The molecule has 3 aromatic heterocycles. The Labute approximate surface area is 165 Å². The standard InChI is InChI=1S/C18H21N5O2S2/c1-10-3-13(22-21-10)5-12-6-23(7-15(12)24)16(25)8-26-17-14-4-11(2)27-18(14)20-9-19-17/h3-4,9,12,15,24H,5-8H2,1-2H3,(H,21,22)/t12-,15-/m1/s1.